The molecule has 178 valence electrons. The number of nitrogens with two attached hydrogens (primary N) is 2. The molecule has 0 fully saturated rings. The molecule has 2 aromatic heterocycles. The first kappa shape index (κ1) is 24.8. The van der Waals surface area contributed by atoms with Crippen molar-refractivity contribution in [2.75, 3.05) is 11.9 Å². The van der Waals surface area contributed by atoms with Crippen LogP contribution in [0.4, 0.5) is 5.82 Å². The van der Waals surface area contributed by atoms with Gasteiger partial charge in [-0.25, -0.2) is 23.2 Å². The summed E-state index contributed by atoms with van der Waals surface area (Å²) in [7, 11) is -4.91. The predicted octanol–water partition coefficient (Wildman–Crippen LogP) is 2.24. The number of primary amides is 1. The average molecular weight is 491 g/mol. The third-order valence-electron chi connectivity index (χ3n) is 5.03. The lowest BCUT2D eigenvalue weighted by atomic mass is 10.1. The highest BCUT2D eigenvalue weighted by atomic mass is 32.2. The Morgan fingerprint density at radius 2 is 1.88 bits per heavy atom. The second-order valence-corrected chi connectivity index (χ2v) is 16.3. The van der Waals surface area contributed by atoms with Crippen molar-refractivity contribution in [1.82, 2.24) is 14.8 Å². The molecule has 0 saturated carbocycles. The number of benzene rings is 1. The van der Waals surface area contributed by atoms with Gasteiger partial charge in [-0.1, -0.05) is 43.9 Å². The Hall–Kier alpha value is -2.80. The molecular formula is C21H30N6O4SSi. The number of ether oxygens (including phenoxy) is 1. The van der Waals surface area contributed by atoms with Crippen molar-refractivity contribution >= 4 is 40.7 Å². The van der Waals surface area contributed by atoms with Crippen molar-refractivity contribution in [3.05, 3.63) is 53.3 Å². The summed E-state index contributed by atoms with van der Waals surface area (Å²) in [5.41, 5.74) is 7.67. The Morgan fingerprint density at radius 1 is 1.18 bits per heavy atom. The maximum absolute atomic E-state index is 12.1. The van der Waals surface area contributed by atoms with Gasteiger partial charge in [-0.15, -0.1) is 0 Å². The van der Waals surface area contributed by atoms with Gasteiger partial charge in [-0.2, -0.15) is 5.10 Å². The number of sulfonamides is 1. The number of anilines is 1. The maximum Gasteiger partial charge on any atom is 0.269 e. The smallest absolute Gasteiger partial charge is 0.269 e. The van der Waals surface area contributed by atoms with Crippen LogP contribution in [0.1, 0.15) is 21.6 Å². The lowest BCUT2D eigenvalue weighted by Gasteiger charge is -2.15. The molecule has 0 aliphatic heterocycles. The van der Waals surface area contributed by atoms with Crippen LogP contribution in [0.15, 0.2) is 36.5 Å². The first-order chi connectivity index (χ1) is 15.4. The van der Waals surface area contributed by atoms with E-state index < -0.39 is 24.0 Å². The number of nitrogens with zero attached hydrogens (tertiary/aromatic N) is 3. The van der Waals surface area contributed by atoms with E-state index in [1.807, 2.05) is 6.07 Å². The van der Waals surface area contributed by atoms with Crippen LogP contribution in [-0.2, 0) is 33.8 Å². The van der Waals surface area contributed by atoms with E-state index in [-0.39, 0.29) is 24.7 Å². The van der Waals surface area contributed by atoms with E-state index in [0.717, 1.165) is 11.6 Å². The average Bonchev–Trinajstić information content (AvgIpc) is 3.08. The van der Waals surface area contributed by atoms with Crippen LogP contribution >= 0.6 is 0 Å². The summed E-state index contributed by atoms with van der Waals surface area (Å²) in [5.74, 6) is -0.534. The van der Waals surface area contributed by atoms with Gasteiger partial charge in [0.05, 0.1) is 16.7 Å². The normalized spacial score (nSPS) is 12.2. The van der Waals surface area contributed by atoms with E-state index in [1.54, 1.807) is 35.1 Å². The SMILES string of the molecule is C[Si](C)(C)CCOCn1nc(C(N)=O)c2c(NCc3ccccc3CS(N)(=O)=O)nccc21. The fourth-order valence-electron chi connectivity index (χ4n) is 3.33. The number of carbonyl (C=O) groups is 1. The third-order valence-corrected chi connectivity index (χ3v) is 7.45. The van der Waals surface area contributed by atoms with Gasteiger partial charge in [0, 0.05) is 27.4 Å². The molecule has 0 aliphatic rings. The molecule has 5 N–H and O–H groups in total. The zero-order valence-electron chi connectivity index (χ0n) is 19.0. The van der Waals surface area contributed by atoms with Crippen LogP contribution < -0.4 is 16.2 Å². The minimum atomic E-state index is -3.68. The zero-order valence-corrected chi connectivity index (χ0v) is 20.9. The van der Waals surface area contributed by atoms with Crippen LogP contribution in [0.3, 0.4) is 0 Å². The molecule has 0 spiro atoms. The molecule has 33 heavy (non-hydrogen) atoms. The fourth-order valence-corrected chi connectivity index (χ4v) is 4.80. The number of nitrogens with one attached hydrogen (secondary N) is 1. The van der Waals surface area contributed by atoms with Gasteiger partial charge >= 0.3 is 0 Å². The Morgan fingerprint density at radius 3 is 2.52 bits per heavy atom. The minimum absolute atomic E-state index is 0.0900. The number of aromatic nitrogens is 3. The number of hydrogen-bond donors (Lipinski definition) is 3. The highest BCUT2D eigenvalue weighted by Crippen LogP contribution is 2.26. The molecule has 3 rings (SSSR count). The number of carbonyl (C=O) groups excluding carboxylic acids is 1. The monoisotopic (exact) mass is 490 g/mol. The van der Waals surface area contributed by atoms with Crippen LogP contribution in [0, 0.1) is 0 Å². The molecule has 2 heterocycles. The Labute approximate surface area is 194 Å². The molecule has 0 saturated heterocycles. The van der Waals surface area contributed by atoms with E-state index >= 15 is 0 Å². The number of rotatable bonds is 11. The molecular weight excluding hydrogens is 460 g/mol. The van der Waals surface area contributed by atoms with Gasteiger partial charge in [0.1, 0.15) is 12.5 Å². The molecule has 3 aromatic rings. The van der Waals surface area contributed by atoms with Crippen molar-refractivity contribution < 1.29 is 17.9 Å². The van der Waals surface area contributed by atoms with E-state index in [0.29, 0.717) is 28.9 Å². The molecule has 0 radical (unpaired) electrons. The maximum atomic E-state index is 12.1. The summed E-state index contributed by atoms with van der Waals surface area (Å²) in [5, 5.41) is 13.2. The lowest BCUT2D eigenvalue weighted by molar-refractivity contribution is 0.0808. The fraction of sp³-hybridized carbons (Fsp3) is 0.381. The highest BCUT2D eigenvalue weighted by molar-refractivity contribution is 7.88. The molecule has 0 bridgehead atoms. The number of fused-ring (bicyclic) bond motifs is 1. The quantitative estimate of drug-likeness (QED) is 0.275. The molecule has 0 aliphatic carbocycles. The number of pyridine rings is 1. The van der Waals surface area contributed by atoms with Gasteiger partial charge in [0.15, 0.2) is 5.69 Å². The molecule has 12 heteroatoms. The van der Waals surface area contributed by atoms with E-state index in [2.05, 4.69) is 35.0 Å². The van der Waals surface area contributed by atoms with Gasteiger partial charge < -0.3 is 15.8 Å². The van der Waals surface area contributed by atoms with Crippen LogP contribution in [-0.4, -0.2) is 43.8 Å². The summed E-state index contributed by atoms with van der Waals surface area (Å²) in [6.07, 6.45) is 1.60. The number of primary sulfonamides is 1. The molecule has 0 unspecified atom stereocenters. The van der Waals surface area contributed by atoms with Gasteiger partial charge in [0.2, 0.25) is 10.0 Å². The third kappa shape index (κ3) is 6.84. The number of hydrogen-bond acceptors (Lipinski definition) is 7. The Balaban J connectivity index is 1.86. The second kappa shape index (κ2) is 9.99. The summed E-state index contributed by atoms with van der Waals surface area (Å²) in [4.78, 5) is 16.5. The molecule has 10 nitrogen and oxygen atoms in total. The van der Waals surface area contributed by atoms with Crippen LogP contribution in [0.2, 0.25) is 25.7 Å². The van der Waals surface area contributed by atoms with Crippen LogP contribution in [0.5, 0.6) is 0 Å². The van der Waals surface area contributed by atoms with Gasteiger partial charge in [-0.05, 0) is 23.2 Å². The van der Waals surface area contributed by atoms with Crippen LogP contribution in [0.25, 0.3) is 10.9 Å². The van der Waals surface area contributed by atoms with E-state index in [4.69, 9.17) is 15.6 Å². The second-order valence-electron chi connectivity index (χ2n) is 9.04. The first-order valence-electron chi connectivity index (χ1n) is 10.5. The lowest BCUT2D eigenvalue weighted by Crippen LogP contribution is -2.22. The Kier molecular flexibility index (Phi) is 7.52. The topological polar surface area (TPSA) is 155 Å². The summed E-state index contributed by atoms with van der Waals surface area (Å²) < 4.78 is 30.5. The predicted molar refractivity (Wildman–Crippen MR) is 131 cm³/mol. The molecule has 0 atom stereocenters. The largest absolute Gasteiger partial charge is 0.365 e. The summed E-state index contributed by atoms with van der Waals surface area (Å²) in [6.45, 7) is 7.89. The molecule has 1 aromatic carbocycles. The van der Waals surface area contributed by atoms with Gasteiger partial charge in [0.25, 0.3) is 5.91 Å². The van der Waals surface area contributed by atoms with Crippen molar-refractivity contribution in [3.8, 4) is 0 Å². The summed E-state index contributed by atoms with van der Waals surface area (Å²) >= 11 is 0. The van der Waals surface area contributed by atoms with Crippen molar-refractivity contribution in [2.24, 2.45) is 10.9 Å². The van der Waals surface area contributed by atoms with Gasteiger partial charge in [-0.3, -0.25) is 4.79 Å². The number of amides is 1. The highest BCUT2D eigenvalue weighted by Gasteiger charge is 2.20. The molecule has 1 amide bonds. The minimum Gasteiger partial charge on any atom is -0.365 e. The summed E-state index contributed by atoms with van der Waals surface area (Å²) in [6, 6.07) is 9.83. The van der Waals surface area contributed by atoms with Crippen molar-refractivity contribution in [1.29, 1.82) is 0 Å². The van der Waals surface area contributed by atoms with E-state index in [1.165, 1.54) is 0 Å². The zero-order chi connectivity index (χ0) is 24.2. The first-order valence-corrected chi connectivity index (χ1v) is 15.9. The van der Waals surface area contributed by atoms with Crippen molar-refractivity contribution in [2.45, 2.75) is 44.7 Å². The Bertz CT molecular complexity index is 1250. The standard InChI is InChI=1S/C21H30N6O4SSi/c1-33(2,3)11-10-31-14-27-17-8-9-24-21(18(17)19(26-27)20(22)28)25-12-15-6-4-5-7-16(15)13-32(23,29)30/h4-9H,10-14H2,1-3H3,(H2,22,28)(H,24,25)(H2,23,29,30). The van der Waals surface area contributed by atoms with E-state index in [9.17, 15) is 13.2 Å². The van der Waals surface area contributed by atoms with Crippen molar-refractivity contribution in [3.63, 3.8) is 0 Å².